The minimum Gasteiger partial charge on any atom is -0.405 e. The standard InChI is InChI=1S/C20H16F3N3O2/c1-2-5-13-11-18(28-26-13)19-24-15-9-8-12(10-16(15)25-19)14-6-3-4-7-17(14)27-20(21,22)23/h3-4,6-11H,2,5H2,1H3,(H,24,25). The van der Waals surface area contributed by atoms with E-state index in [-0.39, 0.29) is 5.75 Å². The number of halogens is 3. The molecule has 2 aromatic heterocycles. The molecule has 4 aromatic rings. The van der Waals surface area contributed by atoms with Gasteiger partial charge in [0.1, 0.15) is 5.75 Å². The Morgan fingerprint density at radius 2 is 1.93 bits per heavy atom. The maximum atomic E-state index is 12.7. The van der Waals surface area contributed by atoms with Crippen molar-refractivity contribution in [3.05, 3.63) is 54.2 Å². The minimum absolute atomic E-state index is 0.256. The highest BCUT2D eigenvalue weighted by molar-refractivity contribution is 5.85. The van der Waals surface area contributed by atoms with Gasteiger partial charge in [-0.3, -0.25) is 0 Å². The van der Waals surface area contributed by atoms with Crippen LogP contribution in [-0.4, -0.2) is 21.5 Å². The van der Waals surface area contributed by atoms with Gasteiger partial charge in [0.25, 0.3) is 0 Å². The molecule has 0 aliphatic heterocycles. The molecule has 0 spiro atoms. The Morgan fingerprint density at radius 1 is 1.11 bits per heavy atom. The lowest BCUT2D eigenvalue weighted by atomic mass is 10.0. The number of alkyl halides is 3. The van der Waals surface area contributed by atoms with Crippen molar-refractivity contribution in [1.82, 2.24) is 15.1 Å². The van der Waals surface area contributed by atoms with Crippen LogP contribution in [0.15, 0.2) is 53.1 Å². The largest absolute Gasteiger partial charge is 0.573 e. The first kappa shape index (κ1) is 18.1. The van der Waals surface area contributed by atoms with Crippen LogP contribution in [0.25, 0.3) is 33.7 Å². The van der Waals surface area contributed by atoms with E-state index in [1.54, 1.807) is 30.3 Å². The van der Waals surface area contributed by atoms with E-state index < -0.39 is 6.36 Å². The van der Waals surface area contributed by atoms with Crippen LogP contribution in [-0.2, 0) is 6.42 Å². The van der Waals surface area contributed by atoms with Crippen molar-refractivity contribution < 1.29 is 22.4 Å². The summed E-state index contributed by atoms with van der Waals surface area (Å²) in [6.45, 7) is 2.05. The summed E-state index contributed by atoms with van der Waals surface area (Å²) in [5.74, 6) is 0.775. The number of nitrogens with zero attached hydrogens (tertiary/aromatic N) is 2. The molecule has 1 N–H and O–H groups in total. The van der Waals surface area contributed by atoms with Crippen molar-refractivity contribution in [3.8, 4) is 28.5 Å². The van der Waals surface area contributed by atoms with Crippen molar-refractivity contribution in [3.63, 3.8) is 0 Å². The number of benzene rings is 2. The highest BCUT2D eigenvalue weighted by Crippen LogP contribution is 2.35. The number of ether oxygens (including phenoxy) is 1. The molecule has 0 unspecified atom stereocenters. The fourth-order valence-corrected chi connectivity index (χ4v) is 3.01. The summed E-state index contributed by atoms with van der Waals surface area (Å²) in [6.07, 6.45) is -3.00. The number of aromatic nitrogens is 3. The zero-order valence-corrected chi connectivity index (χ0v) is 14.9. The molecule has 0 atom stereocenters. The van der Waals surface area contributed by atoms with Crippen molar-refractivity contribution in [2.45, 2.75) is 26.1 Å². The van der Waals surface area contributed by atoms with Gasteiger partial charge in [0.2, 0.25) is 5.76 Å². The van der Waals surface area contributed by atoms with E-state index in [4.69, 9.17) is 4.52 Å². The topological polar surface area (TPSA) is 63.9 Å². The smallest absolute Gasteiger partial charge is 0.405 e. The Morgan fingerprint density at radius 3 is 2.71 bits per heavy atom. The van der Waals surface area contributed by atoms with E-state index in [2.05, 4.69) is 26.8 Å². The molecular weight excluding hydrogens is 371 g/mol. The van der Waals surface area contributed by atoms with Gasteiger partial charge in [0.05, 0.1) is 16.7 Å². The maximum Gasteiger partial charge on any atom is 0.573 e. The van der Waals surface area contributed by atoms with Crippen LogP contribution < -0.4 is 4.74 Å². The molecule has 0 radical (unpaired) electrons. The number of para-hydroxylation sites is 1. The van der Waals surface area contributed by atoms with E-state index in [1.165, 1.54) is 12.1 Å². The van der Waals surface area contributed by atoms with Gasteiger partial charge in [0.15, 0.2) is 5.82 Å². The second-order valence-corrected chi connectivity index (χ2v) is 6.29. The third-order valence-corrected chi connectivity index (χ3v) is 4.20. The Hall–Kier alpha value is -3.29. The fraction of sp³-hybridized carbons (Fsp3) is 0.200. The molecule has 0 bridgehead atoms. The molecule has 144 valence electrons. The van der Waals surface area contributed by atoms with Gasteiger partial charge >= 0.3 is 6.36 Å². The number of rotatable bonds is 5. The molecule has 8 heteroatoms. The van der Waals surface area contributed by atoms with Crippen LogP contribution in [0, 0.1) is 0 Å². The molecule has 0 aliphatic rings. The first-order chi connectivity index (χ1) is 13.4. The van der Waals surface area contributed by atoms with E-state index >= 15 is 0 Å². The Balaban J connectivity index is 1.71. The molecule has 5 nitrogen and oxygen atoms in total. The predicted molar refractivity (Wildman–Crippen MR) is 97.7 cm³/mol. The highest BCUT2D eigenvalue weighted by atomic mass is 19.4. The Bertz CT molecular complexity index is 1120. The summed E-state index contributed by atoms with van der Waals surface area (Å²) in [5, 5.41) is 4.01. The minimum atomic E-state index is -4.76. The van der Waals surface area contributed by atoms with Crippen LogP contribution >= 0.6 is 0 Å². The first-order valence-corrected chi connectivity index (χ1v) is 8.74. The maximum absolute atomic E-state index is 12.7. The Kier molecular flexibility index (Phi) is 4.54. The number of aromatic amines is 1. The zero-order valence-electron chi connectivity index (χ0n) is 14.9. The second-order valence-electron chi connectivity index (χ2n) is 6.29. The quantitative estimate of drug-likeness (QED) is 0.475. The molecule has 2 aromatic carbocycles. The van der Waals surface area contributed by atoms with Gasteiger partial charge in [-0.05, 0) is 30.2 Å². The van der Waals surface area contributed by atoms with Gasteiger partial charge in [-0.15, -0.1) is 13.2 Å². The summed E-state index contributed by atoms with van der Waals surface area (Å²) in [4.78, 5) is 7.61. The number of fused-ring (bicyclic) bond motifs is 1. The monoisotopic (exact) mass is 387 g/mol. The summed E-state index contributed by atoms with van der Waals surface area (Å²) in [7, 11) is 0. The molecule has 0 saturated heterocycles. The number of hydrogen-bond donors (Lipinski definition) is 1. The number of nitrogens with one attached hydrogen (secondary N) is 1. The number of imidazole rings is 1. The third kappa shape index (κ3) is 3.71. The fourth-order valence-electron chi connectivity index (χ4n) is 3.01. The first-order valence-electron chi connectivity index (χ1n) is 8.74. The summed E-state index contributed by atoms with van der Waals surface area (Å²) >= 11 is 0. The van der Waals surface area contributed by atoms with Crippen LogP contribution in [0.5, 0.6) is 5.75 Å². The van der Waals surface area contributed by atoms with Crippen molar-refractivity contribution >= 4 is 11.0 Å². The van der Waals surface area contributed by atoms with Crippen LogP contribution in [0.2, 0.25) is 0 Å². The van der Waals surface area contributed by atoms with Gasteiger partial charge < -0.3 is 14.2 Å². The van der Waals surface area contributed by atoms with Gasteiger partial charge in [-0.2, -0.15) is 0 Å². The van der Waals surface area contributed by atoms with Crippen LogP contribution in [0.3, 0.4) is 0 Å². The zero-order chi connectivity index (χ0) is 19.7. The van der Waals surface area contributed by atoms with Crippen LogP contribution in [0.1, 0.15) is 19.0 Å². The van der Waals surface area contributed by atoms with E-state index in [1.807, 2.05) is 6.07 Å². The molecule has 28 heavy (non-hydrogen) atoms. The van der Waals surface area contributed by atoms with E-state index in [0.717, 1.165) is 18.5 Å². The van der Waals surface area contributed by atoms with E-state index in [9.17, 15) is 13.2 Å². The van der Waals surface area contributed by atoms with Crippen molar-refractivity contribution in [2.24, 2.45) is 0 Å². The van der Waals surface area contributed by atoms with E-state index in [0.29, 0.717) is 33.7 Å². The predicted octanol–water partition coefficient (Wildman–Crippen LogP) is 5.74. The van der Waals surface area contributed by atoms with Gasteiger partial charge in [-0.1, -0.05) is 42.8 Å². The molecule has 0 amide bonds. The molecule has 0 fully saturated rings. The molecular formula is C20H16F3N3O2. The summed E-state index contributed by atoms with van der Waals surface area (Å²) in [6, 6.07) is 13.0. The lowest BCUT2D eigenvalue weighted by Gasteiger charge is -2.13. The van der Waals surface area contributed by atoms with Crippen molar-refractivity contribution in [1.29, 1.82) is 0 Å². The molecule has 0 aliphatic carbocycles. The highest BCUT2D eigenvalue weighted by Gasteiger charge is 2.32. The number of H-pyrrole nitrogens is 1. The average Bonchev–Trinajstić information content (AvgIpc) is 3.27. The Labute approximate surface area is 158 Å². The van der Waals surface area contributed by atoms with Crippen LogP contribution in [0.4, 0.5) is 13.2 Å². The van der Waals surface area contributed by atoms with Crippen molar-refractivity contribution in [2.75, 3.05) is 0 Å². The number of aryl methyl sites for hydroxylation is 1. The second kappa shape index (κ2) is 7.03. The molecule has 4 rings (SSSR count). The SMILES string of the molecule is CCCc1cc(-c2nc3ccc(-c4ccccc4OC(F)(F)F)cc3[nH]2)on1. The van der Waals surface area contributed by atoms with Gasteiger partial charge in [0, 0.05) is 11.6 Å². The summed E-state index contributed by atoms with van der Waals surface area (Å²) in [5.41, 5.74) is 3.09. The average molecular weight is 387 g/mol. The number of hydrogen-bond acceptors (Lipinski definition) is 4. The summed E-state index contributed by atoms with van der Waals surface area (Å²) < 4.78 is 47.5. The third-order valence-electron chi connectivity index (χ3n) is 4.20. The molecule has 2 heterocycles. The van der Waals surface area contributed by atoms with Gasteiger partial charge in [-0.25, -0.2) is 4.98 Å². The molecule has 0 saturated carbocycles. The lowest BCUT2D eigenvalue weighted by molar-refractivity contribution is -0.274. The lowest BCUT2D eigenvalue weighted by Crippen LogP contribution is -2.17. The normalized spacial score (nSPS) is 11.9.